The average molecular weight is 539 g/mol. The van der Waals surface area contributed by atoms with Crippen molar-refractivity contribution in [3.05, 3.63) is 104 Å². The van der Waals surface area contributed by atoms with E-state index in [9.17, 15) is 22.4 Å². The highest BCUT2D eigenvalue weighted by atomic mass is 35.5. The Hall–Kier alpha value is -2.61. The smallest absolute Gasteiger partial charge is 0.336 e. The number of benzene rings is 3. The highest BCUT2D eigenvalue weighted by molar-refractivity contribution is 6.42. The zero-order chi connectivity index (χ0) is 26.2. The minimum Gasteiger partial charge on any atom is -0.336 e. The van der Waals surface area contributed by atoms with Crippen LogP contribution >= 0.6 is 23.2 Å². The van der Waals surface area contributed by atoms with Gasteiger partial charge in [0.15, 0.2) is 0 Å². The number of alkyl halides is 3. The van der Waals surface area contributed by atoms with Crippen molar-refractivity contribution in [1.29, 1.82) is 0 Å². The predicted molar refractivity (Wildman–Crippen MR) is 133 cm³/mol. The number of amides is 1. The molecule has 0 radical (unpaired) electrons. The maximum atomic E-state index is 14.2. The quantitative estimate of drug-likeness (QED) is 0.320. The number of rotatable bonds is 5. The molecule has 0 aromatic heterocycles. The summed E-state index contributed by atoms with van der Waals surface area (Å²) in [4.78, 5) is 17.0. The summed E-state index contributed by atoms with van der Waals surface area (Å²) in [5, 5.41) is 0.806. The van der Waals surface area contributed by atoms with Crippen molar-refractivity contribution < 1.29 is 22.4 Å². The lowest BCUT2D eigenvalue weighted by Gasteiger charge is -2.29. The second kappa shape index (κ2) is 10.4. The molecule has 1 fully saturated rings. The molecule has 0 bridgehead atoms. The van der Waals surface area contributed by atoms with Gasteiger partial charge in [0.1, 0.15) is 5.82 Å². The Morgan fingerprint density at radius 3 is 2.42 bits per heavy atom. The first-order valence-electron chi connectivity index (χ1n) is 11.3. The van der Waals surface area contributed by atoms with Crippen LogP contribution in [-0.2, 0) is 12.7 Å². The Morgan fingerprint density at radius 2 is 1.78 bits per heavy atom. The molecule has 9 heteroatoms. The summed E-state index contributed by atoms with van der Waals surface area (Å²) >= 11 is 12.4. The molecule has 3 nitrogen and oxygen atoms in total. The summed E-state index contributed by atoms with van der Waals surface area (Å²) in [6.07, 6.45) is -4.75. The summed E-state index contributed by atoms with van der Waals surface area (Å²) in [5.74, 6) is -1.56. The van der Waals surface area contributed by atoms with E-state index in [2.05, 4.69) is 0 Å². The average Bonchev–Trinajstić information content (AvgIpc) is 3.25. The van der Waals surface area contributed by atoms with E-state index in [1.807, 2.05) is 43.1 Å². The van der Waals surface area contributed by atoms with Gasteiger partial charge < -0.3 is 4.90 Å². The molecule has 36 heavy (non-hydrogen) atoms. The van der Waals surface area contributed by atoms with E-state index in [0.29, 0.717) is 34.3 Å². The fraction of sp³-hybridized carbons (Fsp3) is 0.296. The second-order valence-electron chi connectivity index (χ2n) is 9.15. The van der Waals surface area contributed by atoms with Crippen molar-refractivity contribution in [2.24, 2.45) is 0 Å². The molecule has 1 saturated heterocycles. The molecule has 0 N–H and O–H groups in total. The van der Waals surface area contributed by atoms with Crippen molar-refractivity contribution in [1.82, 2.24) is 9.80 Å². The number of carbonyl (C=O) groups is 1. The molecular formula is C27H24Cl2F4N2O. The van der Waals surface area contributed by atoms with E-state index in [4.69, 9.17) is 23.2 Å². The Balaban J connectivity index is 1.61. The molecular weight excluding hydrogens is 515 g/mol. The molecule has 0 saturated carbocycles. The van der Waals surface area contributed by atoms with E-state index >= 15 is 0 Å². The topological polar surface area (TPSA) is 23.6 Å². The van der Waals surface area contributed by atoms with Gasteiger partial charge in [-0.25, -0.2) is 4.39 Å². The lowest BCUT2D eigenvalue weighted by atomic mass is 9.93. The van der Waals surface area contributed by atoms with Crippen molar-refractivity contribution in [3.63, 3.8) is 0 Å². The van der Waals surface area contributed by atoms with Gasteiger partial charge in [0.2, 0.25) is 0 Å². The fourth-order valence-corrected chi connectivity index (χ4v) is 5.03. The summed E-state index contributed by atoms with van der Waals surface area (Å²) in [6.45, 7) is 2.92. The molecule has 1 aliphatic rings. The molecule has 190 valence electrons. The van der Waals surface area contributed by atoms with E-state index < -0.39 is 17.6 Å². The lowest BCUT2D eigenvalue weighted by molar-refractivity contribution is -0.140. The van der Waals surface area contributed by atoms with Crippen molar-refractivity contribution >= 4 is 29.1 Å². The first-order chi connectivity index (χ1) is 16.9. The maximum Gasteiger partial charge on any atom is 0.419 e. The Bertz CT molecular complexity index is 1280. The summed E-state index contributed by atoms with van der Waals surface area (Å²) in [5.41, 5.74) is 1.55. The molecule has 2 atom stereocenters. The van der Waals surface area contributed by atoms with Crippen LogP contribution in [-0.4, -0.2) is 41.9 Å². The Morgan fingerprint density at radius 1 is 1.03 bits per heavy atom. The number of nitrogens with zero attached hydrogens (tertiary/aromatic N) is 2. The zero-order valence-corrected chi connectivity index (χ0v) is 21.1. The van der Waals surface area contributed by atoms with Gasteiger partial charge in [-0.15, -0.1) is 0 Å². The number of aryl methyl sites for hydroxylation is 1. The molecule has 3 aromatic carbocycles. The Kier molecular flexibility index (Phi) is 7.64. The minimum atomic E-state index is -4.75. The number of hydrogen-bond acceptors (Lipinski definition) is 2. The van der Waals surface area contributed by atoms with E-state index in [0.717, 1.165) is 23.3 Å². The third-order valence-corrected chi connectivity index (χ3v) is 7.29. The monoisotopic (exact) mass is 538 g/mol. The minimum absolute atomic E-state index is 0.111. The number of likely N-dealkylation sites (tertiary alicyclic amines) is 1. The standard InChI is InChI=1S/C27H24Cl2F4N2O/c1-16-4-3-5-19(10-16)26(36)35-14-20(18-7-9-22(28)23(29)12-18)25(15-35)34(2)13-17-6-8-21(24(30)11-17)27(31,32)33/h3-12,20,25H,13-15H2,1-2H3/t20-,25+/m1/s1. The molecule has 1 aliphatic heterocycles. The molecule has 1 amide bonds. The predicted octanol–water partition coefficient (Wildman–Crippen LogP) is 7.20. The zero-order valence-electron chi connectivity index (χ0n) is 19.6. The van der Waals surface area contributed by atoms with Crippen LogP contribution in [0.4, 0.5) is 17.6 Å². The first kappa shape index (κ1) is 26.5. The van der Waals surface area contributed by atoms with Gasteiger partial charge >= 0.3 is 6.18 Å². The molecule has 0 aliphatic carbocycles. The first-order valence-corrected chi connectivity index (χ1v) is 12.1. The van der Waals surface area contributed by atoms with Gasteiger partial charge in [0.05, 0.1) is 15.6 Å². The second-order valence-corrected chi connectivity index (χ2v) is 9.97. The third-order valence-electron chi connectivity index (χ3n) is 6.55. The third kappa shape index (κ3) is 5.69. The van der Waals surface area contributed by atoms with Gasteiger partial charge in [-0.1, -0.05) is 53.0 Å². The van der Waals surface area contributed by atoms with E-state index in [1.165, 1.54) is 6.07 Å². The summed E-state index contributed by atoms with van der Waals surface area (Å²) in [6, 6.07) is 15.4. The molecule has 0 unspecified atom stereocenters. The van der Waals surface area contributed by atoms with Crippen molar-refractivity contribution in [3.8, 4) is 0 Å². The number of hydrogen-bond donors (Lipinski definition) is 0. The highest BCUT2D eigenvalue weighted by Gasteiger charge is 2.39. The molecule has 0 spiro atoms. The molecule has 4 rings (SSSR count). The van der Waals surface area contributed by atoms with Crippen LogP contribution in [0.1, 0.15) is 38.5 Å². The maximum absolute atomic E-state index is 14.2. The van der Waals surface area contributed by atoms with Gasteiger partial charge in [-0.05, 0) is 61.5 Å². The van der Waals surface area contributed by atoms with Crippen LogP contribution in [0.3, 0.4) is 0 Å². The van der Waals surface area contributed by atoms with Crippen LogP contribution in [0.15, 0.2) is 60.7 Å². The van der Waals surface area contributed by atoms with Crippen LogP contribution in [0.25, 0.3) is 0 Å². The largest absolute Gasteiger partial charge is 0.419 e. The Labute approximate surface area is 217 Å². The van der Waals surface area contributed by atoms with Crippen molar-refractivity contribution in [2.45, 2.75) is 31.6 Å². The van der Waals surface area contributed by atoms with Crippen LogP contribution in [0, 0.1) is 12.7 Å². The summed E-state index contributed by atoms with van der Waals surface area (Å²) < 4.78 is 53.1. The van der Waals surface area contributed by atoms with Crippen molar-refractivity contribution in [2.75, 3.05) is 20.1 Å². The van der Waals surface area contributed by atoms with Crippen LogP contribution in [0.5, 0.6) is 0 Å². The van der Waals surface area contributed by atoms with Gasteiger partial charge in [-0.2, -0.15) is 13.2 Å². The number of carbonyl (C=O) groups excluding carboxylic acids is 1. The normalized spacial score (nSPS) is 18.2. The molecule has 1 heterocycles. The SMILES string of the molecule is Cc1cccc(C(=O)N2C[C@H](c3ccc(Cl)c(Cl)c3)[C@@H](N(C)Cc3ccc(C(F)(F)F)c(F)c3)C2)c1. The van der Waals surface area contributed by atoms with Gasteiger partial charge in [0.25, 0.3) is 5.91 Å². The number of likely N-dealkylation sites (N-methyl/N-ethyl adjacent to an activating group) is 1. The summed E-state index contributed by atoms with van der Waals surface area (Å²) in [7, 11) is 1.81. The highest BCUT2D eigenvalue weighted by Crippen LogP contribution is 2.36. The molecule has 3 aromatic rings. The lowest BCUT2D eigenvalue weighted by Crippen LogP contribution is -2.38. The van der Waals surface area contributed by atoms with Gasteiger partial charge in [-0.3, -0.25) is 9.69 Å². The van der Waals surface area contributed by atoms with E-state index in [-0.39, 0.29) is 24.4 Å². The van der Waals surface area contributed by atoms with Gasteiger partial charge in [0, 0.05) is 37.2 Å². The van der Waals surface area contributed by atoms with E-state index in [1.54, 1.807) is 23.1 Å². The van der Waals surface area contributed by atoms with Crippen LogP contribution in [0.2, 0.25) is 10.0 Å². The number of halogens is 6. The van der Waals surface area contributed by atoms with Crippen LogP contribution < -0.4 is 0 Å². The fourth-order valence-electron chi connectivity index (χ4n) is 4.72.